The molecule has 0 unspecified atom stereocenters. The van der Waals surface area contributed by atoms with Crippen LogP contribution in [-0.4, -0.2) is 55.0 Å². The fraction of sp³-hybridized carbons (Fsp3) is 0.650. The molecule has 3 rings (SSSR count). The first-order valence-electron chi connectivity index (χ1n) is 9.62. The molecule has 138 valence electrons. The first-order valence-corrected chi connectivity index (χ1v) is 10.00. The van der Waals surface area contributed by atoms with E-state index < -0.39 is 0 Å². The number of ether oxygens (including phenoxy) is 1. The quantitative estimate of drug-likeness (QED) is 0.795. The van der Waals surface area contributed by atoms with Gasteiger partial charge in [-0.2, -0.15) is 0 Å². The van der Waals surface area contributed by atoms with Crippen molar-refractivity contribution in [1.29, 1.82) is 0 Å². The molecule has 1 amide bonds. The molecule has 25 heavy (non-hydrogen) atoms. The fourth-order valence-electron chi connectivity index (χ4n) is 3.78. The minimum absolute atomic E-state index is 0.228. The second-order valence-electron chi connectivity index (χ2n) is 7.16. The number of amides is 1. The van der Waals surface area contributed by atoms with Gasteiger partial charge in [0.1, 0.15) is 12.4 Å². The lowest BCUT2D eigenvalue weighted by Gasteiger charge is -2.33. The van der Waals surface area contributed by atoms with Gasteiger partial charge in [-0.1, -0.05) is 24.4 Å². The van der Waals surface area contributed by atoms with E-state index in [1.165, 1.54) is 25.7 Å². The molecule has 2 heterocycles. The summed E-state index contributed by atoms with van der Waals surface area (Å²) in [7, 11) is 0. The van der Waals surface area contributed by atoms with E-state index in [1.807, 2.05) is 24.3 Å². The van der Waals surface area contributed by atoms with E-state index in [9.17, 15) is 4.79 Å². The van der Waals surface area contributed by atoms with Crippen molar-refractivity contribution in [2.45, 2.75) is 38.5 Å². The van der Waals surface area contributed by atoms with Crippen LogP contribution in [0.15, 0.2) is 24.3 Å². The molecule has 2 saturated heterocycles. The Hall–Kier alpha value is -1.26. The molecule has 1 aromatic rings. The summed E-state index contributed by atoms with van der Waals surface area (Å²) >= 11 is 5.88. The first-order chi connectivity index (χ1) is 12.2. The third-order valence-corrected chi connectivity index (χ3v) is 5.60. The molecule has 0 spiro atoms. The summed E-state index contributed by atoms with van der Waals surface area (Å²) in [6.07, 6.45) is 6.86. The Labute approximate surface area is 156 Å². The van der Waals surface area contributed by atoms with E-state index in [1.54, 1.807) is 0 Å². The van der Waals surface area contributed by atoms with Crippen LogP contribution in [0.1, 0.15) is 38.5 Å². The molecule has 2 fully saturated rings. The third-order valence-electron chi connectivity index (χ3n) is 5.34. The van der Waals surface area contributed by atoms with Crippen molar-refractivity contribution in [3.63, 3.8) is 0 Å². The lowest BCUT2D eigenvalue weighted by Crippen LogP contribution is -2.43. The Balaban J connectivity index is 1.36. The predicted octanol–water partition coefficient (Wildman–Crippen LogP) is 3.83. The van der Waals surface area contributed by atoms with Crippen molar-refractivity contribution >= 4 is 17.5 Å². The van der Waals surface area contributed by atoms with E-state index in [0.29, 0.717) is 12.5 Å². The molecular weight excluding hydrogens is 336 g/mol. The van der Waals surface area contributed by atoms with Crippen LogP contribution >= 0.6 is 11.6 Å². The zero-order valence-electron chi connectivity index (χ0n) is 15.0. The summed E-state index contributed by atoms with van der Waals surface area (Å²) < 4.78 is 5.77. The number of nitrogens with zero attached hydrogens (tertiary/aromatic N) is 2. The molecule has 2 aliphatic rings. The topological polar surface area (TPSA) is 32.8 Å². The maximum absolute atomic E-state index is 12.7. The minimum Gasteiger partial charge on any atom is -0.492 e. The molecule has 0 aliphatic carbocycles. The van der Waals surface area contributed by atoms with Crippen molar-refractivity contribution in [3.8, 4) is 5.75 Å². The molecule has 1 aromatic carbocycles. The molecule has 5 heteroatoms. The number of halogens is 1. The van der Waals surface area contributed by atoms with Gasteiger partial charge < -0.3 is 9.64 Å². The highest BCUT2D eigenvalue weighted by Crippen LogP contribution is 2.22. The van der Waals surface area contributed by atoms with E-state index >= 15 is 0 Å². The molecule has 0 aromatic heterocycles. The van der Waals surface area contributed by atoms with Crippen LogP contribution in [0.4, 0.5) is 0 Å². The van der Waals surface area contributed by atoms with Crippen LogP contribution in [0.2, 0.25) is 5.02 Å². The molecule has 0 atom stereocenters. The number of rotatable bonds is 5. The average molecular weight is 365 g/mol. The highest BCUT2D eigenvalue weighted by atomic mass is 35.5. The van der Waals surface area contributed by atoms with Crippen molar-refractivity contribution in [2.24, 2.45) is 5.92 Å². The summed E-state index contributed by atoms with van der Waals surface area (Å²) in [6, 6.07) is 7.48. The van der Waals surface area contributed by atoms with Gasteiger partial charge in [0, 0.05) is 30.6 Å². The van der Waals surface area contributed by atoms with E-state index in [4.69, 9.17) is 16.3 Å². The summed E-state index contributed by atoms with van der Waals surface area (Å²) in [6.45, 7) is 5.50. The monoisotopic (exact) mass is 364 g/mol. The van der Waals surface area contributed by atoms with E-state index in [0.717, 1.165) is 56.3 Å². The number of piperidine rings is 1. The Morgan fingerprint density at radius 2 is 1.64 bits per heavy atom. The van der Waals surface area contributed by atoms with E-state index in [2.05, 4.69) is 9.80 Å². The number of likely N-dealkylation sites (tertiary alicyclic amines) is 2. The fourth-order valence-corrected chi connectivity index (χ4v) is 3.90. The van der Waals surface area contributed by atoms with Gasteiger partial charge >= 0.3 is 0 Å². The Morgan fingerprint density at radius 3 is 2.28 bits per heavy atom. The molecule has 0 bridgehead atoms. The molecule has 0 N–H and O–H groups in total. The molecular formula is C20H29ClN2O2. The summed E-state index contributed by atoms with van der Waals surface area (Å²) in [5.41, 5.74) is 0. The standard InChI is InChI=1S/C20H29ClN2O2/c21-18-5-7-19(8-6-18)25-16-15-22-13-9-17(10-14-22)20(24)23-11-3-1-2-4-12-23/h5-8,17H,1-4,9-16H2. The first kappa shape index (κ1) is 18.5. The van der Waals surface area contributed by atoms with Crippen LogP contribution in [0, 0.1) is 5.92 Å². The van der Waals surface area contributed by atoms with Crippen LogP contribution in [0.5, 0.6) is 5.75 Å². The lowest BCUT2D eigenvalue weighted by molar-refractivity contribution is -0.137. The highest BCUT2D eigenvalue weighted by molar-refractivity contribution is 6.30. The normalized spacial score (nSPS) is 20.3. The largest absolute Gasteiger partial charge is 0.492 e. The van der Waals surface area contributed by atoms with Gasteiger partial charge in [-0.3, -0.25) is 9.69 Å². The summed E-state index contributed by atoms with van der Waals surface area (Å²) in [4.78, 5) is 17.2. The second-order valence-corrected chi connectivity index (χ2v) is 7.59. The Bertz CT molecular complexity index is 533. The Kier molecular flexibility index (Phi) is 7.00. The third kappa shape index (κ3) is 5.61. The summed E-state index contributed by atoms with van der Waals surface area (Å²) in [5.74, 6) is 1.49. The van der Waals surface area contributed by atoms with Gasteiger partial charge in [-0.15, -0.1) is 0 Å². The Morgan fingerprint density at radius 1 is 1.00 bits per heavy atom. The SMILES string of the molecule is O=C(C1CCN(CCOc2ccc(Cl)cc2)CC1)N1CCCCCC1. The summed E-state index contributed by atoms with van der Waals surface area (Å²) in [5, 5.41) is 0.725. The maximum atomic E-state index is 12.7. The maximum Gasteiger partial charge on any atom is 0.225 e. The molecule has 2 aliphatic heterocycles. The van der Waals surface area contributed by atoms with Gasteiger partial charge in [0.15, 0.2) is 0 Å². The number of hydrogen-bond acceptors (Lipinski definition) is 3. The van der Waals surface area contributed by atoms with Crippen LogP contribution in [-0.2, 0) is 4.79 Å². The average Bonchev–Trinajstić information content (AvgIpc) is 2.93. The van der Waals surface area contributed by atoms with Crippen LogP contribution < -0.4 is 4.74 Å². The molecule has 4 nitrogen and oxygen atoms in total. The minimum atomic E-state index is 0.228. The highest BCUT2D eigenvalue weighted by Gasteiger charge is 2.28. The number of benzene rings is 1. The van der Waals surface area contributed by atoms with Crippen molar-refractivity contribution < 1.29 is 9.53 Å². The lowest BCUT2D eigenvalue weighted by atomic mass is 9.95. The molecule has 0 saturated carbocycles. The van der Waals surface area contributed by atoms with Gasteiger partial charge in [-0.25, -0.2) is 0 Å². The zero-order chi connectivity index (χ0) is 17.5. The van der Waals surface area contributed by atoms with Crippen LogP contribution in [0.3, 0.4) is 0 Å². The van der Waals surface area contributed by atoms with Gasteiger partial charge in [0.25, 0.3) is 0 Å². The van der Waals surface area contributed by atoms with Gasteiger partial charge in [0.2, 0.25) is 5.91 Å². The smallest absolute Gasteiger partial charge is 0.225 e. The van der Waals surface area contributed by atoms with Gasteiger partial charge in [0.05, 0.1) is 0 Å². The zero-order valence-corrected chi connectivity index (χ0v) is 15.7. The van der Waals surface area contributed by atoms with Gasteiger partial charge in [-0.05, 0) is 63.0 Å². The molecule has 0 radical (unpaired) electrons. The number of carbonyl (C=O) groups is 1. The van der Waals surface area contributed by atoms with Crippen molar-refractivity contribution in [3.05, 3.63) is 29.3 Å². The van der Waals surface area contributed by atoms with E-state index in [-0.39, 0.29) is 5.92 Å². The second kappa shape index (κ2) is 9.44. The predicted molar refractivity (Wildman–Crippen MR) is 101 cm³/mol. The van der Waals surface area contributed by atoms with Crippen molar-refractivity contribution in [2.75, 3.05) is 39.3 Å². The van der Waals surface area contributed by atoms with Crippen molar-refractivity contribution in [1.82, 2.24) is 9.80 Å². The van der Waals surface area contributed by atoms with Crippen LogP contribution in [0.25, 0.3) is 0 Å². The number of carbonyl (C=O) groups excluding carboxylic acids is 1. The number of hydrogen-bond donors (Lipinski definition) is 0.